The van der Waals surface area contributed by atoms with Gasteiger partial charge < -0.3 is 19.3 Å². The highest BCUT2D eigenvalue weighted by Gasteiger charge is 2.48. The van der Waals surface area contributed by atoms with Crippen molar-refractivity contribution in [2.75, 3.05) is 24.7 Å². The number of nitrogens with zero attached hydrogens (tertiary/aromatic N) is 2. The van der Waals surface area contributed by atoms with Gasteiger partial charge in [0.2, 0.25) is 0 Å². The second-order valence-corrected chi connectivity index (χ2v) is 11.5. The standard InChI is InChI=1S/C33H36N2O7S/c1-7-16-42-32(39)30-21(6)34-33(43-30)35-27(23-13-14-24(25(18-23)40-8-2)41-17-15-19(3)4)26(29(37)31(35)38)28(36)22-11-9-20(5)10-12-22/h7,9-14,18-19,27,36H,1,8,15-17H2,2-6H3. The van der Waals surface area contributed by atoms with Crippen molar-refractivity contribution >= 4 is 39.9 Å². The number of Topliss-reactive ketones (excluding diaryl/α,β-unsaturated/α-hetero) is 1. The molecular formula is C33H36N2O7S. The van der Waals surface area contributed by atoms with E-state index in [1.165, 1.54) is 11.0 Å². The van der Waals surface area contributed by atoms with Crippen LogP contribution in [0.25, 0.3) is 5.76 Å². The first kappa shape index (κ1) is 31.5. The summed E-state index contributed by atoms with van der Waals surface area (Å²) in [5, 5.41) is 11.6. The Morgan fingerprint density at radius 2 is 1.84 bits per heavy atom. The average Bonchev–Trinajstić information content (AvgIpc) is 3.48. The predicted molar refractivity (Wildman–Crippen MR) is 166 cm³/mol. The number of aliphatic hydroxyl groups excluding tert-OH is 1. The molecular weight excluding hydrogens is 568 g/mol. The molecule has 1 aliphatic heterocycles. The van der Waals surface area contributed by atoms with Crippen LogP contribution in [-0.4, -0.2) is 47.6 Å². The van der Waals surface area contributed by atoms with E-state index >= 15 is 0 Å². The van der Waals surface area contributed by atoms with Crippen molar-refractivity contribution in [3.63, 3.8) is 0 Å². The molecule has 1 atom stereocenters. The number of thiazole rings is 1. The quantitative estimate of drug-likeness (QED) is 0.0814. The molecule has 1 fully saturated rings. The van der Waals surface area contributed by atoms with E-state index in [1.807, 2.05) is 26.0 Å². The third-order valence-electron chi connectivity index (χ3n) is 6.81. The van der Waals surface area contributed by atoms with Gasteiger partial charge in [0.1, 0.15) is 17.2 Å². The minimum atomic E-state index is -1.06. The molecule has 2 aromatic carbocycles. The highest BCUT2D eigenvalue weighted by atomic mass is 32.1. The summed E-state index contributed by atoms with van der Waals surface area (Å²) in [6.45, 7) is 14.0. The lowest BCUT2D eigenvalue weighted by Gasteiger charge is -2.24. The van der Waals surface area contributed by atoms with Gasteiger partial charge in [0.05, 0.1) is 30.5 Å². The topological polar surface area (TPSA) is 115 Å². The van der Waals surface area contributed by atoms with Gasteiger partial charge in [0.25, 0.3) is 5.78 Å². The highest BCUT2D eigenvalue weighted by molar-refractivity contribution is 7.17. The molecule has 2 heterocycles. The summed E-state index contributed by atoms with van der Waals surface area (Å²) in [6, 6.07) is 11.1. The molecule has 1 N–H and O–H groups in total. The summed E-state index contributed by atoms with van der Waals surface area (Å²) < 4.78 is 17.1. The molecule has 4 rings (SSSR count). The van der Waals surface area contributed by atoms with Gasteiger partial charge >= 0.3 is 11.9 Å². The number of ether oxygens (including phenoxy) is 3. The van der Waals surface area contributed by atoms with E-state index in [-0.39, 0.29) is 27.9 Å². The van der Waals surface area contributed by atoms with E-state index in [2.05, 4.69) is 25.4 Å². The molecule has 1 amide bonds. The van der Waals surface area contributed by atoms with E-state index < -0.39 is 23.7 Å². The van der Waals surface area contributed by atoms with Crippen molar-refractivity contribution in [1.29, 1.82) is 0 Å². The number of hydrogen-bond acceptors (Lipinski definition) is 9. The number of aryl methyl sites for hydroxylation is 2. The van der Waals surface area contributed by atoms with Gasteiger partial charge in [0, 0.05) is 5.56 Å². The van der Waals surface area contributed by atoms with Gasteiger partial charge in [-0.3, -0.25) is 14.5 Å². The number of aromatic nitrogens is 1. The minimum absolute atomic E-state index is 0.0123. The number of hydrogen-bond donors (Lipinski definition) is 1. The molecule has 0 bridgehead atoms. The molecule has 9 nitrogen and oxygen atoms in total. The average molecular weight is 605 g/mol. The number of esters is 1. The van der Waals surface area contributed by atoms with Gasteiger partial charge in [0.15, 0.2) is 16.6 Å². The third-order valence-corrected chi connectivity index (χ3v) is 7.95. The lowest BCUT2D eigenvalue weighted by molar-refractivity contribution is -0.132. The lowest BCUT2D eigenvalue weighted by Crippen LogP contribution is -2.29. The Morgan fingerprint density at radius 3 is 2.49 bits per heavy atom. The van der Waals surface area contributed by atoms with Gasteiger partial charge in [-0.25, -0.2) is 9.78 Å². The fraction of sp³-hybridized carbons (Fsp3) is 0.333. The van der Waals surface area contributed by atoms with Crippen LogP contribution in [0.4, 0.5) is 5.13 Å². The Kier molecular flexibility index (Phi) is 10.0. The van der Waals surface area contributed by atoms with Gasteiger partial charge in [-0.05, 0) is 50.8 Å². The summed E-state index contributed by atoms with van der Waals surface area (Å²) in [4.78, 5) is 45.8. The lowest BCUT2D eigenvalue weighted by atomic mass is 9.95. The number of ketones is 1. The molecule has 1 aliphatic rings. The zero-order valence-electron chi connectivity index (χ0n) is 25.0. The molecule has 0 radical (unpaired) electrons. The first-order valence-corrected chi connectivity index (χ1v) is 14.9. The molecule has 3 aromatic rings. The number of benzene rings is 2. The number of amides is 1. The summed E-state index contributed by atoms with van der Waals surface area (Å²) in [5.74, 6) is -1.27. The van der Waals surface area contributed by atoms with Crippen LogP contribution in [-0.2, 0) is 14.3 Å². The van der Waals surface area contributed by atoms with Crippen molar-refractivity contribution in [3.05, 3.63) is 88.0 Å². The Hall–Kier alpha value is -4.44. The molecule has 0 spiro atoms. The van der Waals surface area contributed by atoms with Crippen LogP contribution < -0.4 is 14.4 Å². The van der Waals surface area contributed by atoms with Crippen molar-refractivity contribution in [2.24, 2.45) is 5.92 Å². The minimum Gasteiger partial charge on any atom is -0.507 e. The fourth-order valence-electron chi connectivity index (χ4n) is 4.57. The fourth-order valence-corrected chi connectivity index (χ4v) is 5.56. The Bertz CT molecular complexity index is 1560. The summed E-state index contributed by atoms with van der Waals surface area (Å²) in [6.07, 6.45) is 2.30. The molecule has 0 aliphatic carbocycles. The summed E-state index contributed by atoms with van der Waals surface area (Å²) >= 11 is 0.935. The third kappa shape index (κ3) is 6.80. The second-order valence-electron chi connectivity index (χ2n) is 10.5. The first-order valence-electron chi connectivity index (χ1n) is 14.1. The zero-order valence-corrected chi connectivity index (χ0v) is 25.8. The van der Waals surface area contributed by atoms with Gasteiger partial charge in [-0.1, -0.05) is 73.7 Å². The van der Waals surface area contributed by atoms with E-state index in [0.717, 1.165) is 23.3 Å². The Balaban J connectivity index is 1.87. The number of aliphatic hydroxyl groups is 1. The number of anilines is 1. The SMILES string of the molecule is C=CCOC(=O)c1sc(N2C(=O)C(=O)C(=C(O)c3ccc(C)cc3)C2c2ccc(OCCC(C)C)c(OCC)c2)nc1C. The highest BCUT2D eigenvalue weighted by Crippen LogP contribution is 2.45. The van der Waals surface area contributed by atoms with Crippen molar-refractivity contribution in [2.45, 2.75) is 47.1 Å². The van der Waals surface area contributed by atoms with Crippen LogP contribution in [0.5, 0.6) is 11.5 Å². The number of rotatable bonds is 12. The monoisotopic (exact) mass is 604 g/mol. The maximum absolute atomic E-state index is 13.6. The predicted octanol–water partition coefficient (Wildman–Crippen LogP) is 6.55. The summed E-state index contributed by atoms with van der Waals surface area (Å²) in [5.41, 5.74) is 2.09. The molecule has 1 saturated heterocycles. The van der Waals surface area contributed by atoms with Crippen LogP contribution in [0, 0.1) is 19.8 Å². The molecule has 1 unspecified atom stereocenters. The van der Waals surface area contributed by atoms with Gasteiger partial charge in [-0.2, -0.15) is 0 Å². The molecule has 10 heteroatoms. The normalized spacial score (nSPS) is 16.0. The van der Waals surface area contributed by atoms with Crippen LogP contribution >= 0.6 is 11.3 Å². The molecule has 0 saturated carbocycles. The smallest absolute Gasteiger partial charge is 0.350 e. The second kappa shape index (κ2) is 13.7. The molecule has 1 aromatic heterocycles. The number of carbonyl (C=O) groups excluding carboxylic acids is 3. The zero-order chi connectivity index (χ0) is 31.3. The summed E-state index contributed by atoms with van der Waals surface area (Å²) in [7, 11) is 0. The van der Waals surface area contributed by atoms with Crippen molar-refractivity contribution in [3.8, 4) is 11.5 Å². The maximum atomic E-state index is 13.6. The van der Waals surface area contributed by atoms with E-state index in [1.54, 1.807) is 37.3 Å². The van der Waals surface area contributed by atoms with E-state index in [4.69, 9.17) is 14.2 Å². The molecule has 226 valence electrons. The van der Waals surface area contributed by atoms with Crippen LogP contribution in [0.1, 0.15) is 65.3 Å². The largest absolute Gasteiger partial charge is 0.507 e. The van der Waals surface area contributed by atoms with Crippen LogP contribution in [0.3, 0.4) is 0 Å². The van der Waals surface area contributed by atoms with E-state index in [0.29, 0.717) is 47.5 Å². The van der Waals surface area contributed by atoms with Crippen LogP contribution in [0.2, 0.25) is 0 Å². The van der Waals surface area contributed by atoms with Crippen molar-refractivity contribution < 1.29 is 33.7 Å². The first-order chi connectivity index (χ1) is 20.6. The van der Waals surface area contributed by atoms with E-state index in [9.17, 15) is 19.5 Å². The maximum Gasteiger partial charge on any atom is 0.350 e. The van der Waals surface area contributed by atoms with Crippen LogP contribution in [0.15, 0.2) is 60.7 Å². The number of carbonyl (C=O) groups is 3. The molecule has 43 heavy (non-hydrogen) atoms. The Morgan fingerprint density at radius 1 is 1.12 bits per heavy atom. The van der Waals surface area contributed by atoms with Gasteiger partial charge in [-0.15, -0.1) is 0 Å². The van der Waals surface area contributed by atoms with Crippen molar-refractivity contribution in [1.82, 2.24) is 4.98 Å². The Labute approximate surface area is 255 Å².